The number of hydrogen-bond donors (Lipinski definition) is 0. The average molecular weight is 435 g/mol. The summed E-state index contributed by atoms with van der Waals surface area (Å²) < 4.78 is 8.73. The molecular formula is C30H17N3O. The van der Waals surface area contributed by atoms with E-state index in [1.165, 1.54) is 10.8 Å². The first-order chi connectivity index (χ1) is 16.9. The van der Waals surface area contributed by atoms with Crippen molar-refractivity contribution in [1.82, 2.24) is 14.5 Å². The Morgan fingerprint density at radius 3 is 2.38 bits per heavy atom. The van der Waals surface area contributed by atoms with Crippen LogP contribution in [0.3, 0.4) is 0 Å². The van der Waals surface area contributed by atoms with Gasteiger partial charge in [0, 0.05) is 38.5 Å². The maximum atomic E-state index is 6.45. The van der Waals surface area contributed by atoms with Gasteiger partial charge in [-0.05, 0) is 30.3 Å². The Labute approximate surface area is 193 Å². The Balaban J connectivity index is 1.54. The van der Waals surface area contributed by atoms with Gasteiger partial charge in [0.15, 0.2) is 5.58 Å². The molecule has 0 aliphatic carbocycles. The topological polar surface area (TPSA) is 43.9 Å². The standard InChI is InChI=1S/C30H17N3O/c1-3-9-25-21(7-1)23-13-14-24-22-8-2-4-10-26(22)34-30(24)29(23)33(25)20-16-19-12-11-18-6-5-15-31-27(18)28(19)32-17-20/h1-17H. The van der Waals surface area contributed by atoms with Crippen molar-refractivity contribution in [3.63, 3.8) is 0 Å². The fourth-order valence-electron chi connectivity index (χ4n) is 5.35. The molecule has 0 bridgehead atoms. The lowest BCUT2D eigenvalue weighted by Gasteiger charge is -2.10. The van der Waals surface area contributed by atoms with E-state index in [-0.39, 0.29) is 0 Å². The van der Waals surface area contributed by atoms with E-state index in [1.54, 1.807) is 0 Å². The Bertz CT molecular complexity index is 2080. The first kappa shape index (κ1) is 17.8. The summed E-state index contributed by atoms with van der Waals surface area (Å²) in [6.45, 7) is 0. The molecular weight excluding hydrogens is 418 g/mol. The van der Waals surface area contributed by atoms with Gasteiger partial charge in [0.05, 0.1) is 34.0 Å². The molecule has 158 valence electrons. The first-order valence-corrected chi connectivity index (χ1v) is 11.3. The Morgan fingerprint density at radius 2 is 1.41 bits per heavy atom. The summed E-state index contributed by atoms with van der Waals surface area (Å²) in [5.41, 5.74) is 6.83. The van der Waals surface area contributed by atoms with Gasteiger partial charge in [0.25, 0.3) is 0 Å². The second kappa shape index (κ2) is 6.42. The normalized spacial score (nSPS) is 12.1. The highest BCUT2D eigenvalue weighted by Crippen LogP contribution is 2.40. The van der Waals surface area contributed by atoms with Crippen molar-refractivity contribution in [3.05, 3.63) is 103 Å². The number of para-hydroxylation sites is 2. The summed E-state index contributed by atoms with van der Waals surface area (Å²) in [6, 6.07) is 31.6. The van der Waals surface area contributed by atoms with Crippen LogP contribution >= 0.6 is 0 Å². The van der Waals surface area contributed by atoms with Gasteiger partial charge in [0.1, 0.15) is 5.58 Å². The highest BCUT2D eigenvalue weighted by atomic mass is 16.3. The van der Waals surface area contributed by atoms with E-state index in [1.807, 2.05) is 30.6 Å². The zero-order valence-electron chi connectivity index (χ0n) is 18.1. The molecule has 0 radical (unpaired) electrons. The lowest BCUT2D eigenvalue weighted by atomic mass is 10.1. The molecule has 0 unspecified atom stereocenters. The van der Waals surface area contributed by atoms with Crippen LogP contribution < -0.4 is 0 Å². The summed E-state index contributed by atoms with van der Waals surface area (Å²) in [4.78, 5) is 9.47. The van der Waals surface area contributed by atoms with Crippen molar-refractivity contribution < 1.29 is 4.42 Å². The molecule has 4 aromatic carbocycles. The number of benzene rings is 4. The number of rotatable bonds is 1. The van der Waals surface area contributed by atoms with Crippen molar-refractivity contribution >= 4 is 65.6 Å². The van der Waals surface area contributed by atoms with Crippen molar-refractivity contribution in [3.8, 4) is 5.69 Å². The third kappa shape index (κ3) is 2.27. The Kier molecular flexibility index (Phi) is 3.36. The number of furan rings is 1. The first-order valence-electron chi connectivity index (χ1n) is 11.3. The van der Waals surface area contributed by atoms with Crippen molar-refractivity contribution in [2.24, 2.45) is 0 Å². The molecule has 0 saturated carbocycles. The molecule has 8 aromatic rings. The highest BCUT2D eigenvalue weighted by Gasteiger charge is 2.19. The molecule has 4 heteroatoms. The average Bonchev–Trinajstić information content (AvgIpc) is 3.44. The molecule has 0 spiro atoms. The van der Waals surface area contributed by atoms with E-state index in [4.69, 9.17) is 9.40 Å². The molecule has 34 heavy (non-hydrogen) atoms. The maximum absolute atomic E-state index is 6.45. The van der Waals surface area contributed by atoms with Gasteiger partial charge in [-0.3, -0.25) is 9.97 Å². The predicted molar refractivity (Wildman–Crippen MR) is 139 cm³/mol. The Morgan fingerprint density at radius 1 is 0.618 bits per heavy atom. The van der Waals surface area contributed by atoms with Crippen molar-refractivity contribution in [2.75, 3.05) is 0 Å². The minimum absolute atomic E-state index is 0.898. The van der Waals surface area contributed by atoms with Crippen LogP contribution in [0.4, 0.5) is 0 Å². The molecule has 0 aliphatic rings. The molecule has 8 rings (SSSR count). The van der Waals surface area contributed by atoms with E-state index in [0.717, 1.165) is 60.5 Å². The zero-order chi connectivity index (χ0) is 22.2. The third-order valence-electron chi connectivity index (χ3n) is 6.85. The highest BCUT2D eigenvalue weighted by molar-refractivity contribution is 6.21. The molecule has 4 aromatic heterocycles. The minimum atomic E-state index is 0.898. The molecule has 0 saturated heterocycles. The smallest absolute Gasteiger partial charge is 0.160 e. The molecule has 4 nitrogen and oxygen atoms in total. The van der Waals surface area contributed by atoms with E-state index in [9.17, 15) is 0 Å². The predicted octanol–water partition coefficient (Wildman–Crippen LogP) is 7.78. The molecule has 0 fully saturated rings. The van der Waals surface area contributed by atoms with Gasteiger partial charge in [-0.15, -0.1) is 0 Å². The van der Waals surface area contributed by atoms with Crippen molar-refractivity contribution in [2.45, 2.75) is 0 Å². The summed E-state index contributed by atoms with van der Waals surface area (Å²) in [5.74, 6) is 0. The molecule has 0 atom stereocenters. The monoisotopic (exact) mass is 435 g/mol. The van der Waals surface area contributed by atoms with Crippen LogP contribution in [-0.4, -0.2) is 14.5 Å². The van der Waals surface area contributed by atoms with Crippen LogP contribution in [0.2, 0.25) is 0 Å². The lowest BCUT2D eigenvalue weighted by molar-refractivity contribution is 0.671. The van der Waals surface area contributed by atoms with Gasteiger partial charge in [-0.25, -0.2) is 0 Å². The lowest BCUT2D eigenvalue weighted by Crippen LogP contribution is -1.96. The van der Waals surface area contributed by atoms with Crippen LogP contribution in [-0.2, 0) is 0 Å². The van der Waals surface area contributed by atoms with Crippen LogP contribution in [0.15, 0.2) is 108 Å². The largest absolute Gasteiger partial charge is 0.454 e. The summed E-state index contributed by atoms with van der Waals surface area (Å²) in [5, 5.41) is 6.77. The van der Waals surface area contributed by atoms with E-state index in [2.05, 4.69) is 82.3 Å². The van der Waals surface area contributed by atoms with E-state index >= 15 is 0 Å². The second-order valence-electron chi connectivity index (χ2n) is 8.70. The van der Waals surface area contributed by atoms with E-state index < -0.39 is 0 Å². The third-order valence-corrected chi connectivity index (χ3v) is 6.85. The van der Waals surface area contributed by atoms with Crippen LogP contribution in [0.5, 0.6) is 0 Å². The molecule has 0 amide bonds. The quantitative estimate of drug-likeness (QED) is 0.247. The number of hydrogen-bond acceptors (Lipinski definition) is 3. The maximum Gasteiger partial charge on any atom is 0.160 e. The van der Waals surface area contributed by atoms with Gasteiger partial charge >= 0.3 is 0 Å². The summed E-state index contributed by atoms with van der Waals surface area (Å²) in [6.07, 6.45) is 3.77. The number of aromatic nitrogens is 3. The minimum Gasteiger partial charge on any atom is -0.454 e. The second-order valence-corrected chi connectivity index (χ2v) is 8.70. The summed E-state index contributed by atoms with van der Waals surface area (Å²) in [7, 11) is 0. The van der Waals surface area contributed by atoms with Crippen LogP contribution in [0.25, 0.3) is 71.2 Å². The molecule has 4 heterocycles. The molecule has 0 N–H and O–H groups in total. The van der Waals surface area contributed by atoms with E-state index in [0.29, 0.717) is 0 Å². The summed E-state index contributed by atoms with van der Waals surface area (Å²) >= 11 is 0. The molecule has 0 aliphatic heterocycles. The zero-order valence-corrected chi connectivity index (χ0v) is 18.1. The van der Waals surface area contributed by atoms with Gasteiger partial charge in [-0.2, -0.15) is 0 Å². The van der Waals surface area contributed by atoms with Crippen LogP contribution in [0.1, 0.15) is 0 Å². The fourth-order valence-corrected chi connectivity index (χ4v) is 5.35. The van der Waals surface area contributed by atoms with Gasteiger partial charge in [0.2, 0.25) is 0 Å². The van der Waals surface area contributed by atoms with Crippen molar-refractivity contribution in [1.29, 1.82) is 0 Å². The Hall–Kier alpha value is -4.70. The fraction of sp³-hybridized carbons (Fsp3) is 0. The van der Waals surface area contributed by atoms with Crippen LogP contribution in [0, 0.1) is 0 Å². The van der Waals surface area contributed by atoms with Gasteiger partial charge in [-0.1, -0.05) is 60.7 Å². The number of nitrogens with zero attached hydrogens (tertiary/aromatic N) is 3. The number of pyridine rings is 2. The SMILES string of the molecule is c1cnc2c(c1)ccc1cc(-n3c4ccccc4c4ccc5c6ccccc6oc5c43)cnc12. The number of fused-ring (bicyclic) bond motifs is 10. The van der Waals surface area contributed by atoms with Gasteiger partial charge < -0.3 is 8.98 Å².